The lowest BCUT2D eigenvalue weighted by molar-refractivity contribution is 0.589. The molecule has 0 bridgehead atoms. The van der Waals surface area contributed by atoms with Gasteiger partial charge in [0.2, 0.25) is 0 Å². The summed E-state index contributed by atoms with van der Waals surface area (Å²) in [5, 5.41) is 15.8. The quantitative estimate of drug-likeness (QED) is 0.558. The van der Waals surface area contributed by atoms with Crippen molar-refractivity contribution in [3.05, 3.63) is 86.3 Å². The molecule has 0 aliphatic rings. The van der Waals surface area contributed by atoms with E-state index in [1.807, 2.05) is 6.07 Å². The Hall–Kier alpha value is -4.06. The minimum absolute atomic E-state index is 0.00909. The third-order valence-electron chi connectivity index (χ3n) is 4.77. The summed E-state index contributed by atoms with van der Waals surface area (Å²) in [6.45, 7) is 1.71. The maximum Gasteiger partial charge on any atom is 0.328 e. The molecule has 0 spiro atoms. The van der Waals surface area contributed by atoms with E-state index in [0.717, 1.165) is 12.1 Å². The molecule has 0 aliphatic carbocycles. The van der Waals surface area contributed by atoms with E-state index < -0.39 is 28.9 Å². The summed E-state index contributed by atoms with van der Waals surface area (Å²) in [6, 6.07) is 9.21. The van der Waals surface area contributed by atoms with E-state index in [1.54, 1.807) is 6.92 Å². The number of fused-ring (bicyclic) bond motifs is 1. The van der Waals surface area contributed by atoms with Crippen LogP contribution < -0.4 is 11.2 Å². The largest absolute Gasteiger partial charge is 0.328 e. The summed E-state index contributed by atoms with van der Waals surface area (Å²) in [6.07, 6.45) is 1.32. The molecule has 1 unspecified atom stereocenters. The van der Waals surface area contributed by atoms with Crippen molar-refractivity contribution in [2.24, 2.45) is 0 Å². The lowest BCUT2D eigenvalue weighted by atomic mass is 10.0. The molecule has 0 saturated carbocycles. The zero-order valence-corrected chi connectivity index (χ0v) is 15.0. The van der Waals surface area contributed by atoms with Crippen molar-refractivity contribution in [1.29, 1.82) is 5.26 Å². The molecule has 0 amide bonds. The molecule has 0 fully saturated rings. The number of aromatic nitrogens is 4. The summed E-state index contributed by atoms with van der Waals surface area (Å²) in [5.74, 6) is -1.07. The Morgan fingerprint density at radius 3 is 2.52 bits per heavy atom. The van der Waals surface area contributed by atoms with Gasteiger partial charge in [-0.15, -0.1) is 0 Å². The summed E-state index contributed by atoms with van der Waals surface area (Å²) in [7, 11) is 0. The smallest absolute Gasteiger partial charge is 0.293 e. The Kier molecular flexibility index (Phi) is 4.31. The number of nitrogens with one attached hydrogen (secondary N) is 2. The monoisotopic (exact) mass is 393 g/mol. The summed E-state index contributed by atoms with van der Waals surface area (Å²) >= 11 is 0. The molecule has 4 aromatic rings. The van der Waals surface area contributed by atoms with Crippen molar-refractivity contribution in [2.75, 3.05) is 0 Å². The molecule has 2 aromatic heterocycles. The van der Waals surface area contributed by atoms with Crippen LogP contribution in [0.3, 0.4) is 0 Å². The molecule has 4 rings (SSSR count). The normalized spacial score (nSPS) is 12.1. The minimum Gasteiger partial charge on any atom is -0.293 e. The Bertz CT molecular complexity index is 1390. The fraction of sp³-hybridized carbons (Fsp3) is 0.100. The third kappa shape index (κ3) is 3.10. The molecule has 0 saturated heterocycles. The van der Waals surface area contributed by atoms with Gasteiger partial charge in [-0.2, -0.15) is 10.4 Å². The predicted molar refractivity (Wildman–Crippen MR) is 101 cm³/mol. The SMILES string of the molecule is CC(c1ccc(F)cc1)n1cc(-c2cc(F)cc3c(C#N)n[nH]c23)c(=O)[nH]c1=O. The van der Waals surface area contributed by atoms with Crippen LogP contribution in [0, 0.1) is 23.0 Å². The van der Waals surface area contributed by atoms with Crippen LogP contribution in [0.25, 0.3) is 22.0 Å². The van der Waals surface area contributed by atoms with Gasteiger partial charge in [0, 0.05) is 17.1 Å². The highest BCUT2D eigenvalue weighted by molar-refractivity contribution is 5.95. The number of nitriles is 1. The second-order valence-electron chi connectivity index (χ2n) is 6.50. The highest BCUT2D eigenvalue weighted by atomic mass is 19.1. The Morgan fingerprint density at radius 2 is 1.83 bits per heavy atom. The number of benzene rings is 2. The molecule has 2 aromatic carbocycles. The summed E-state index contributed by atoms with van der Waals surface area (Å²) < 4.78 is 28.7. The highest BCUT2D eigenvalue weighted by Crippen LogP contribution is 2.28. The number of hydrogen-bond acceptors (Lipinski definition) is 4. The maximum absolute atomic E-state index is 14.2. The van der Waals surface area contributed by atoms with Crippen molar-refractivity contribution in [3.63, 3.8) is 0 Å². The second-order valence-corrected chi connectivity index (χ2v) is 6.50. The first-order valence-electron chi connectivity index (χ1n) is 8.58. The van der Waals surface area contributed by atoms with Crippen LogP contribution in [0.2, 0.25) is 0 Å². The van der Waals surface area contributed by atoms with E-state index in [4.69, 9.17) is 5.26 Å². The van der Waals surface area contributed by atoms with Crippen LogP contribution in [-0.4, -0.2) is 19.7 Å². The van der Waals surface area contributed by atoms with Gasteiger partial charge in [-0.3, -0.25) is 19.4 Å². The minimum atomic E-state index is -0.711. The maximum atomic E-state index is 14.2. The van der Waals surface area contributed by atoms with Crippen molar-refractivity contribution < 1.29 is 8.78 Å². The van der Waals surface area contributed by atoms with Crippen LogP contribution in [0.5, 0.6) is 0 Å². The van der Waals surface area contributed by atoms with E-state index in [-0.39, 0.29) is 22.2 Å². The molecular weight excluding hydrogens is 380 g/mol. The number of hydrogen-bond donors (Lipinski definition) is 2. The molecule has 0 aliphatic heterocycles. The molecule has 1 atom stereocenters. The average Bonchev–Trinajstić information content (AvgIpc) is 3.10. The van der Waals surface area contributed by atoms with Gasteiger partial charge in [0.05, 0.1) is 17.1 Å². The second kappa shape index (κ2) is 6.83. The fourth-order valence-electron chi connectivity index (χ4n) is 3.25. The van der Waals surface area contributed by atoms with E-state index in [9.17, 15) is 18.4 Å². The molecule has 2 N–H and O–H groups in total. The first-order valence-corrected chi connectivity index (χ1v) is 8.58. The van der Waals surface area contributed by atoms with Crippen LogP contribution >= 0.6 is 0 Å². The van der Waals surface area contributed by atoms with Gasteiger partial charge in [-0.1, -0.05) is 12.1 Å². The lowest BCUT2D eigenvalue weighted by Gasteiger charge is -2.16. The van der Waals surface area contributed by atoms with Crippen molar-refractivity contribution in [3.8, 4) is 17.2 Å². The van der Waals surface area contributed by atoms with Crippen molar-refractivity contribution in [2.45, 2.75) is 13.0 Å². The molecule has 7 nitrogen and oxygen atoms in total. The Morgan fingerprint density at radius 1 is 1.10 bits per heavy atom. The van der Waals surface area contributed by atoms with E-state index in [2.05, 4.69) is 15.2 Å². The highest BCUT2D eigenvalue weighted by Gasteiger charge is 2.18. The Balaban J connectivity index is 1.94. The van der Waals surface area contributed by atoms with E-state index in [0.29, 0.717) is 11.1 Å². The zero-order valence-electron chi connectivity index (χ0n) is 15.0. The number of aromatic amines is 2. The average molecular weight is 393 g/mol. The standard InChI is InChI=1S/C20H13F2N5O2/c1-10(11-2-4-12(21)5-3-11)27-9-16(19(28)24-20(27)29)14-6-13(22)7-15-17(8-23)25-26-18(14)15/h2-7,9-10H,1H3,(H,25,26)(H,24,28,29). The molecule has 29 heavy (non-hydrogen) atoms. The van der Waals surface area contributed by atoms with Crippen LogP contribution in [0.15, 0.2) is 52.2 Å². The molecule has 9 heteroatoms. The number of halogens is 2. The van der Waals surface area contributed by atoms with Gasteiger partial charge in [0.15, 0.2) is 5.69 Å². The van der Waals surface area contributed by atoms with Gasteiger partial charge in [0.25, 0.3) is 5.56 Å². The van der Waals surface area contributed by atoms with Crippen LogP contribution in [0.1, 0.15) is 24.2 Å². The summed E-state index contributed by atoms with van der Waals surface area (Å²) in [4.78, 5) is 27.1. The van der Waals surface area contributed by atoms with E-state index in [1.165, 1.54) is 35.0 Å². The Labute approximate surface area is 161 Å². The number of H-pyrrole nitrogens is 2. The van der Waals surface area contributed by atoms with Gasteiger partial charge in [-0.25, -0.2) is 13.6 Å². The fourth-order valence-corrected chi connectivity index (χ4v) is 3.25. The molecule has 144 valence electrons. The molecule has 2 heterocycles. The molecule has 0 radical (unpaired) electrons. The first kappa shape index (κ1) is 18.3. The number of nitrogens with zero attached hydrogens (tertiary/aromatic N) is 3. The topological polar surface area (TPSA) is 107 Å². The van der Waals surface area contributed by atoms with Gasteiger partial charge in [0.1, 0.15) is 17.7 Å². The molecular formula is C20H13F2N5O2. The van der Waals surface area contributed by atoms with Crippen LogP contribution in [-0.2, 0) is 0 Å². The zero-order chi connectivity index (χ0) is 20.7. The predicted octanol–water partition coefficient (Wildman–Crippen LogP) is 2.84. The van der Waals surface area contributed by atoms with Gasteiger partial charge in [-0.05, 0) is 36.8 Å². The van der Waals surface area contributed by atoms with Gasteiger partial charge >= 0.3 is 5.69 Å². The van der Waals surface area contributed by atoms with Gasteiger partial charge < -0.3 is 0 Å². The van der Waals surface area contributed by atoms with E-state index >= 15 is 0 Å². The lowest BCUT2D eigenvalue weighted by Crippen LogP contribution is -2.32. The van der Waals surface area contributed by atoms with Crippen LogP contribution in [0.4, 0.5) is 8.78 Å². The van der Waals surface area contributed by atoms with Crippen molar-refractivity contribution in [1.82, 2.24) is 19.7 Å². The van der Waals surface area contributed by atoms with Crippen molar-refractivity contribution >= 4 is 10.9 Å². The summed E-state index contributed by atoms with van der Waals surface area (Å²) in [5.41, 5.74) is -0.253. The first-order chi connectivity index (χ1) is 13.9. The third-order valence-corrected chi connectivity index (χ3v) is 4.77. The number of rotatable bonds is 3.